The maximum absolute atomic E-state index is 11.3. The zero-order valence-corrected chi connectivity index (χ0v) is 12.4. The first-order valence-electron chi connectivity index (χ1n) is 6.77. The van der Waals surface area contributed by atoms with E-state index < -0.39 is 17.4 Å². The van der Waals surface area contributed by atoms with Crippen molar-refractivity contribution in [2.45, 2.75) is 26.8 Å². The first-order valence-corrected chi connectivity index (χ1v) is 6.77. The summed E-state index contributed by atoms with van der Waals surface area (Å²) in [7, 11) is 0. The molecule has 0 saturated carbocycles. The fourth-order valence-electron chi connectivity index (χ4n) is 2.16. The first-order chi connectivity index (χ1) is 9.79. The van der Waals surface area contributed by atoms with Crippen LogP contribution in [0.3, 0.4) is 0 Å². The second kappa shape index (κ2) is 5.56. The Hall–Kier alpha value is -2.36. The number of aromatic hydroxyl groups is 1. The van der Waals surface area contributed by atoms with Crippen LogP contribution in [0, 0.1) is 5.41 Å². The first kappa shape index (κ1) is 15.0. The molecule has 110 valence electrons. The molecule has 2 N–H and O–H groups in total. The van der Waals surface area contributed by atoms with Gasteiger partial charge < -0.3 is 10.2 Å². The van der Waals surface area contributed by atoms with Crippen molar-refractivity contribution in [1.82, 2.24) is 0 Å². The van der Waals surface area contributed by atoms with Crippen LogP contribution in [-0.2, 0) is 4.79 Å². The molecule has 2 aromatic rings. The molecule has 0 radical (unpaired) electrons. The quantitative estimate of drug-likeness (QED) is 0.848. The molecule has 2 rings (SSSR count). The molecule has 0 spiro atoms. The number of benzene rings is 2. The minimum atomic E-state index is -0.973. The lowest BCUT2D eigenvalue weighted by Crippen LogP contribution is -2.32. The smallest absolute Gasteiger partial charge is 0.328 e. The summed E-state index contributed by atoms with van der Waals surface area (Å²) in [5.74, 6) is -0.880. The van der Waals surface area contributed by atoms with Crippen LogP contribution < -0.4 is 0 Å². The van der Waals surface area contributed by atoms with Gasteiger partial charge in [0.05, 0.1) is 0 Å². The van der Waals surface area contributed by atoms with Crippen LogP contribution in [-0.4, -0.2) is 28.4 Å². The second-order valence-corrected chi connectivity index (χ2v) is 6.14. The monoisotopic (exact) mass is 285 g/mol. The number of carboxylic acids is 1. The summed E-state index contributed by atoms with van der Waals surface area (Å²) >= 11 is 0. The van der Waals surface area contributed by atoms with Crippen molar-refractivity contribution in [3.05, 3.63) is 42.0 Å². The highest BCUT2D eigenvalue weighted by Gasteiger charge is 2.30. The Balaban J connectivity index is 2.40. The van der Waals surface area contributed by atoms with Crippen LogP contribution in [0.1, 0.15) is 26.3 Å². The molecule has 0 amide bonds. The van der Waals surface area contributed by atoms with E-state index in [1.807, 2.05) is 45.0 Å². The van der Waals surface area contributed by atoms with Gasteiger partial charge in [-0.1, -0.05) is 45.0 Å². The van der Waals surface area contributed by atoms with Crippen LogP contribution in [0.4, 0.5) is 0 Å². The number of rotatable bonds is 3. The highest BCUT2D eigenvalue weighted by Crippen LogP contribution is 2.26. The summed E-state index contributed by atoms with van der Waals surface area (Å²) in [5, 5.41) is 21.2. The number of aliphatic imine (C=N–C) groups is 1. The molecule has 21 heavy (non-hydrogen) atoms. The Morgan fingerprint density at radius 3 is 2.29 bits per heavy atom. The molecule has 2 aromatic carbocycles. The molecule has 0 bridgehead atoms. The molecule has 0 aliphatic rings. The van der Waals surface area contributed by atoms with Crippen molar-refractivity contribution in [2.24, 2.45) is 10.4 Å². The van der Waals surface area contributed by atoms with Gasteiger partial charge in [-0.05, 0) is 28.3 Å². The van der Waals surface area contributed by atoms with Gasteiger partial charge in [-0.25, -0.2) is 4.79 Å². The van der Waals surface area contributed by atoms with Crippen molar-refractivity contribution in [3.8, 4) is 5.75 Å². The van der Waals surface area contributed by atoms with E-state index in [-0.39, 0.29) is 5.75 Å². The van der Waals surface area contributed by atoms with E-state index in [1.54, 1.807) is 12.1 Å². The fraction of sp³-hybridized carbons (Fsp3) is 0.294. The molecular formula is C17H19NO3. The lowest BCUT2D eigenvalue weighted by Gasteiger charge is -2.23. The summed E-state index contributed by atoms with van der Waals surface area (Å²) < 4.78 is 0. The van der Waals surface area contributed by atoms with Crippen molar-refractivity contribution in [2.75, 3.05) is 0 Å². The summed E-state index contributed by atoms with van der Waals surface area (Å²) in [6.07, 6.45) is 1.44. The van der Waals surface area contributed by atoms with Gasteiger partial charge in [-0.2, -0.15) is 0 Å². The Bertz CT molecular complexity index is 699. The predicted molar refractivity (Wildman–Crippen MR) is 84.1 cm³/mol. The average molecular weight is 285 g/mol. The third-order valence-corrected chi connectivity index (χ3v) is 3.31. The van der Waals surface area contributed by atoms with Gasteiger partial charge >= 0.3 is 5.97 Å². The normalized spacial score (nSPS) is 13.7. The third-order valence-electron chi connectivity index (χ3n) is 3.31. The molecule has 4 heteroatoms. The largest absolute Gasteiger partial charge is 0.507 e. The number of phenols is 1. The minimum Gasteiger partial charge on any atom is -0.507 e. The average Bonchev–Trinajstić information content (AvgIpc) is 2.37. The van der Waals surface area contributed by atoms with Gasteiger partial charge in [-0.3, -0.25) is 4.99 Å². The molecule has 0 unspecified atom stereocenters. The lowest BCUT2D eigenvalue weighted by atomic mass is 9.87. The van der Waals surface area contributed by atoms with Crippen molar-refractivity contribution >= 4 is 23.0 Å². The number of phenolic OH excluding ortho intramolecular Hbond substituents is 1. The maximum Gasteiger partial charge on any atom is 0.328 e. The van der Waals surface area contributed by atoms with Gasteiger partial charge in [0.15, 0.2) is 6.04 Å². The minimum absolute atomic E-state index is 0.0931. The van der Waals surface area contributed by atoms with Crippen molar-refractivity contribution < 1.29 is 15.0 Å². The lowest BCUT2D eigenvalue weighted by molar-refractivity contribution is -0.140. The zero-order valence-electron chi connectivity index (χ0n) is 12.4. The maximum atomic E-state index is 11.3. The molecule has 0 aliphatic carbocycles. The number of hydrogen-bond donors (Lipinski definition) is 2. The van der Waals surface area contributed by atoms with Crippen LogP contribution in [0.2, 0.25) is 0 Å². The van der Waals surface area contributed by atoms with Crippen LogP contribution in [0.25, 0.3) is 10.8 Å². The second-order valence-electron chi connectivity index (χ2n) is 6.14. The van der Waals surface area contributed by atoms with E-state index in [0.29, 0.717) is 5.56 Å². The van der Waals surface area contributed by atoms with E-state index in [1.165, 1.54) is 6.21 Å². The van der Waals surface area contributed by atoms with E-state index in [2.05, 4.69) is 4.99 Å². The molecule has 4 nitrogen and oxygen atoms in total. The van der Waals surface area contributed by atoms with Crippen LogP contribution >= 0.6 is 0 Å². The Labute approximate surface area is 123 Å². The summed E-state index contributed by atoms with van der Waals surface area (Å²) in [5.41, 5.74) is 0.0265. The van der Waals surface area contributed by atoms with Gasteiger partial charge in [0.1, 0.15) is 5.75 Å². The number of fused-ring (bicyclic) bond motifs is 1. The molecule has 1 atom stereocenters. The SMILES string of the molecule is CC(C)(C)[C@H](N=Cc1cc2ccccc2cc1O)C(=O)O. The highest BCUT2D eigenvalue weighted by molar-refractivity contribution is 5.94. The van der Waals surface area contributed by atoms with Crippen molar-refractivity contribution in [1.29, 1.82) is 0 Å². The van der Waals surface area contributed by atoms with E-state index in [9.17, 15) is 15.0 Å². The Morgan fingerprint density at radius 1 is 1.19 bits per heavy atom. The molecule has 0 aliphatic heterocycles. The van der Waals surface area contributed by atoms with Crippen LogP contribution in [0.5, 0.6) is 5.75 Å². The number of nitrogens with zero attached hydrogens (tertiary/aromatic N) is 1. The van der Waals surface area contributed by atoms with Crippen molar-refractivity contribution in [3.63, 3.8) is 0 Å². The van der Waals surface area contributed by atoms with E-state index >= 15 is 0 Å². The number of carbonyl (C=O) groups is 1. The van der Waals surface area contributed by atoms with Gasteiger partial charge in [-0.15, -0.1) is 0 Å². The fourth-order valence-corrected chi connectivity index (χ4v) is 2.16. The van der Waals surface area contributed by atoms with Crippen LogP contribution in [0.15, 0.2) is 41.4 Å². The Kier molecular flexibility index (Phi) is 3.98. The standard InChI is InChI=1S/C17H19NO3/c1-17(2,3)15(16(20)21)18-10-13-8-11-6-4-5-7-12(11)9-14(13)19/h4-10,15,19H,1-3H3,(H,20,21)/t15-/m1/s1. The summed E-state index contributed by atoms with van der Waals surface area (Å²) in [6, 6.07) is 10.3. The van der Waals surface area contributed by atoms with E-state index in [4.69, 9.17) is 0 Å². The zero-order chi connectivity index (χ0) is 15.6. The van der Waals surface area contributed by atoms with Gasteiger partial charge in [0.2, 0.25) is 0 Å². The molecule has 0 saturated heterocycles. The Morgan fingerprint density at radius 2 is 1.76 bits per heavy atom. The summed E-state index contributed by atoms with van der Waals surface area (Å²) in [4.78, 5) is 15.4. The molecule has 0 heterocycles. The van der Waals surface area contributed by atoms with Gasteiger partial charge in [0, 0.05) is 11.8 Å². The summed E-state index contributed by atoms with van der Waals surface area (Å²) in [6.45, 7) is 5.47. The predicted octanol–water partition coefficient (Wildman–Crippen LogP) is 3.46. The molecule has 0 aromatic heterocycles. The number of hydrogen-bond acceptors (Lipinski definition) is 3. The van der Waals surface area contributed by atoms with E-state index in [0.717, 1.165) is 10.8 Å². The molecular weight excluding hydrogens is 266 g/mol. The topological polar surface area (TPSA) is 69.9 Å². The number of carboxylic acid groups (broad SMARTS) is 1. The third kappa shape index (κ3) is 3.40. The molecule has 0 fully saturated rings. The number of aliphatic carboxylic acids is 1. The highest BCUT2D eigenvalue weighted by atomic mass is 16.4. The van der Waals surface area contributed by atoms with Gasteiger partial charge in [0.25, 0.3) is 0 Å².